The van der Waals surface area contributed by atoms with Crippen molar-refractivity contribution in [2.75, 3.05) is 26.2 Å². The summed E-state index contributed by atoms with van der Waals surface area (Å²) in [6.45, 7) is 5.27. The smallest absolute Gasteiger partial charge is 0.254 e. The zero-order valence-corrected chi connectivity index (χ0v) is 18.4. The maximum absolute atomic E-state index is 13.7. The lowest BCUT2D eigenvalue weighted by Gasteiger charge is -2.24. The number of benzene rings is 2. The van der Waals surface area contributed by atoms with Crippen LogP contribution in [0.2, 0.25) is 0 Å². The summed E-state index contributed by atoms with van der Waals surface area (Å²) in [7, 11) is 0. The molecule has 6 heteroatoms. The quantitative estimate of drug-likeness (QED) is 0.536. The number of carbonyl (C=O) groups excluding carboxylic acids is 2. The number of halogens is 1. The average Bonchev–Trinajstić information content (AvgIpc) is 2.99. The molecule has 1 aromatic heterocycles. The van der Waals surface area contributed by atoms with Crippen LogP contribution in [-0.4, -0.2) is 52.8 Å². The summed E-state index contributed by atoms with van der Waals surface area (Å²) >= 11 is 0. The SMILES string of the molecule is C=CCN1CCN(C(=O)c2cccc(F)c2)C[C@H](Cc2cccc(-c3cccnc3)c2)C1=O. The lowest BCUT2D eigenvalue weighted by Crippen LogP contribution is -2.38. The molecule has 168 valence electrons. The van der Waals surface area contributed by atoms with Gasteiger partial charge in [0.1, 0.15) is 5.82 Å². The molecule has 0 radical (unpaired) electrons. The molecule has 5 nitrogen and oxygen atoms in total. The highest BCUT2D eigenvalue weighted by atomic mass is 19.1. The molecule has 0 bridgehead atoms. The topological polar surface area (TPSA) is 53.5 Å². The Morgan fingerprint density at radius 1 is 1.09 bits per heavy atom. The molecule has 33 heavy (non-hydrogen) atoms. The highest BCUT2D eigenvalue weighted by Gasteiger charge is 2.32. The maximum Gasteiger partial charge on any atom is 0.254 e. The Morgan fingerprint density at radius 2 is 1.91 bits per heavy atom. The van der Waals surface area contributed by atoms with Crippen LogP contribution >= 0.6 is 0 Å². The molecule has 0 unspecified atom stereocenters. The van der Waals surface area contributed by atoms with Gasteiger partial charge in [-0.1, -0.05) is 42.5 Å². The van der Waals surface area contributed by atoms with Crippen molar-refractivity contribution >= 4 is 11.8 Å². The van der Waals surface area contributed by atoms with Crippen LogP contribution in [-0.2, 0) is 11.2 Å². The molecule has 3 aromatic rings. The first kappa shape index (κ1) is 22.4. The van der Waals surface area contributed by atoms with Gasteiger partial charge in [-0.25, -0.2) is 4.39 Å². The first-order chi connectivity index (χ1) is 16.0. The van der Waals surface area contributed by atoms with E-state index in [1.165, 1.54) is 18.2 Å². The van der Waals surface area contributed by atoms with E-state index < -0.39 is 11.7 Å². The van der Waals surface area contributed by atoms with Gasteiger partial charge in [0.2, 0.25) is 5.91 Å². The molecular formula is C27H26FN3O2. The minimum atomic E-state index is -0.455. The van der Waals surface area contributed by atoms with Gasteiger partial charge in [-0.05, 0) is 47.4 Å². The van der Waals surface area contributed by atoms with Gasteiger partial charge in [0.15, 0.2) is 0 Å². The van der Waals surface area contributed by atoms with Gasteiger partial charge >= 0.3 is 0 Å². The van der Waals surface area contributed by atoms with Crippen molar-refractivity contribution in [3.05, 3.63) is 103 Å². The van der Waals surface area contributed by atoms with Crippen molar-refractivity contribution in [1.29, 1.82) is 0 Å². The largest absolute Gasteiger partial charge is 0.337 e. The fraction of sp³-hybridized carbons (Fsp3) is 0.222. The van der Waals surface area contributed by atoms with Gasteiger partial charge in [0.05, 0.1) is 5.92 Å². The predicted octanol–water partition coefficient (Wildman–Crippen LogP) is 4.22. The summed E-state index contributed by atoms with van der Waals surface area (Å²) in [5, 5.41) is 0. The van der Waals surface area contributed by atoms with Gasteiger partial charge in [-0.3, -0.25) is 14.6 Å². The van der Waals surface area contributed by atoms with Crippen molar-refractivity contribution in [3.63, 3.8) is 0 Å². The van der Waals surface area contributed by atoms with Crippen LogP contribution in [0.15, 0.2) is 85.7 Å². The molecule has 2 heterocycles. The third kappa shape index (κ3) is 5.34. The zero-order chi connectivity index (χ0) is 23.2. The molecule has 0 N–H and O–H groups in total. The molecule has 1 aliphatic heterocycles. The van der Waals surface area contributed by atoms with Crippen molar-refractivity contribution < 1.29 is 14.0 Å². The third-order valence-corrected chi connectivity index (χ3v) is 5.85. The number of carbonyl (C=O) groups is 2. The van der Waals surface area contributed by atoms with E-state index in [4.69, 9.17) is 0 Å². The Hall–Kier alpha value is -3.80. The van der Waals surface area contributed by atoms with E-state index in [-0.39, 0.29) is 23.9 Å². The van der Waals surface area contributed by atoms with Crippen LogP contribution in [0.4, 0.5) is 4.39 Å². The second kappa shape index (κ2) is 10.2. The van der Waals surface area contributed by atoms with Crippen molar-refractivity contribution in [2.45, 2.75) is 6.42 Å². The lowest BCUT2D eigenvalue weighted by molar-refractivity contribution is -0.134. The number of pyridine rings is 1. The molecule has 2 aromatic carbocycles. The Balaban J connectivity index is 1.59. The maximum atomic E-state index is 13.7. The molecule has 1 aliphatic rings. The average molecular weight is 444 g/mol. The summed E-state index contributed by atoms with van der Waals surface area (Å²) in [6.07, 6.45) is 5.73. The fourth-order valence-electron chi connectivity index (χ4n) is 4.22. The molecule has 2 amide bonds. The standard InChI is InChI=1S/C27H26FN3O2/c1-2-12-30-13-14-31(26(32)22-8-4-10-25(28)17-22)19-24(27(30)33)16-20-6-3-7-21(15-20)23-9-5-11-29-18-23/h2-11,15,17-18,24H,1,12-14,16,19H2/t24-/m0/s1. The minimum absolute atomic E-state index is 0.00350. The van der Waals surface area contributed by atoms with Crippen LogP contribution in [0.25, 0.3) is 11.1 Å². The molecule has 1 fully saturated rings. The van der Waals surface area contributed by atoms with Gasteiger partial charge in [-0.2, -0.15) is 0 Å². The Bertz CT molecular complexity index is 1150. The number of hydrogen-bond acceptors (Lipinski definition) is 3. The monoisotopic (exact) mass is 443 g/mol. The number of aromatic nitrogens is 1. The summed E-state index contributed by atoms with van der Waals surface area (Å²) < 4.78 is 13.7. The van der Waals surface area contributed by atoms with Crippen LogP contribution in [0, 0.1) is 11.7 Å². The Kier molecular flexibility index (Phi) is 6.93. The van der Waals surface area contributed by atoms with Gasteiger partial charge < -0.3 is 9.80 Å². The van der Waals surface area contributed by atoms with Crippen molar-refractivity contribution in [1.82, 2.24) is 14.8 Å². The van der Waals surface area contributed by atoms with Crippen molar-refractivity contribution in [2.24, 2.45) is 5.92 Å². The van der Waals surface area contributed by atoms with Gasteiger partial charge in [-0.15, -0.1) is 6.58 Å². The molecule has 1 saturated heterocycles. The number of nitrogens with zero attached hydrogens (tertiary/aromatic N) is 3. The van der Waals surface area contributed by atoms with Crippen LogP contribution < -0.4 is 0 Å². The first-order valence-electron chi connectivity index (χ1n) is 11.0. The van der Waals surface area contributed by atoms with Crippen LogP contribution in [0.3, 0.4) is 0 Å². The number of hydrogen-bond donors (Lipinski definition) is 0. The molecule has 0 spiro atoms. The van der Waals surface area contributed by atoms with E-state index in [2.05, 4.69) is 17.6 Å². The lowest BCUT2D eigenvalue weighted by atomic mass is 9.95. The summed E-state index contributed by atoms with van der Waals surface area (Å²) in [6, 6.07) is 17.6. The summed E-state index contributed by atoms with van der Waals surface area (Å²) in [4.78, 5) is 34.0. The molecular weight excluding hydrogens is 417 g/mol. The molecule has 0 saturated carbocycles. The van der Waals surface area contributed by atoms with E-state index in [1.54, 1.807) is 34.3 Å². The first-order valence-corrected chi connectivity index (χ1v) is 11.0. The zero-order valence-electron chi connectivity index (χ0n) is 18.4. The number of amides is 2. The Morgan fingerprint density at radius 3 is 2.67 bits per heavy atom. The van der Waals surface area contributed by atoms with E-state index in [9.17, 15) is 14.0 Å². The predicted molar refractivity (Wildman–Crippen MR) is 126 cm³/mol. The van der Waals surface area contributed by atoms with Crippen molar-refractivity contribution in [3.8, 4) is 11.1 Å². The normalized spacial score (nSPS) is 16.4. The van der Waals surface area contributed by atoms with E-state index >= 15 is 0 Å². The van der Waals surface area contributed by atoms with Crippen LogP contribution in [0.1, 0.15) is 15.9 Å². The van der Waals surface area contributed by atoms with Gasteiger partial charge in [0.25, 0.3) is 5.91 Å². The van der Waals surface area contributed by atoms with Crippen LogP contribution in [0.5, 0.6) is 0 Å². The molecule has 4 rings (SSSR count). The molecule has 0 aliphatic carbocycles. The van der Waals surface area contributed by atoms with E-state index in [1.807, 2.05) is 30.3 Å². The Labute approximate surface area is 193 Å². The van der Waals surface area contributed by atoms with E-state index in [0.717, 1.165) is 16.7 Å². The third-order valence-electron chi connectivity index (χ3n) is 5.85. The number of rotatable bonds is 6. The highest BCUT2D eigenvalue weighted by Crippen LogP contribution is 2.23. The van der Waals surface area contributed by atoms with Gasteiger partial charge in [0, 0.05) is 44.1 Å². The second-order valence-corrected chi connectivity index (χ2v) is 8.18. The summed E-state index contributed by atoms with van der Waals surface area (Å²) in [5.41, 5.74) is 3.32. The highest BCUT2D eigenvalue weighted by molar-refractivity contribution is 5.95. The fourth-order valence-corrected chi connectivity index (χ4v) is 4.22. The summed E-state index contributed by atoms with van der Waals surface area (Å²) in [5.74, 6) is -1.13. The van der Waals surface area contributed by atoms with E-state index in [0.29, 0.717) is 26.1 Å². The molecule has 1 atom stereocenters. The second-order valence-electron chi connectivity index (χ2n) is 8.18. The minimum Gasteiger partial charge on any atom is -0.337 e.